The summed E-state index contributed by atoms with van der Waals surface area (Å²) in [6, 6.07) is 17.7. The van der Waals surface area contributed by atoms with Gasteiger partial charge in [-0.25, -0.2) is 19.3 Å². The van der Waals surface area contributed by atoms with Crippen molar-refractivity contribution in [1.29, 1.82) is 0 Å². The summed E-state index contributed by atoms with van der Waals surface area (Å²) in [5.74, 6) is 1.64. The molecule has 1 aliphatic heterocycles. The Morgan fingerprint density at radius 3 is 2.47 bits per heavy atom. The highest BCUT2D eigenvalue weighted by Gasteiger charge is 2.38. The van der Waals surface area contributed by atoms with Crippen molar-refractivity contribution < 1.29 is 4.39 Å². The van der Waals surface area contributed by atoms with Crippen LogP contribution in [0.1, 0.15) is 30.3 Å². The molecule has 0 unspecified atom stereocenters. The molecule has 0 radical (unpaired) electrons. The number of fused-ring (bicyclic) bond motifs is 2. The summed E-state index contributed by atoms with van der Waals surface area (Å²) >= 11 is 0. The number of hydrogen-bond donors (Lipinski definition) is 1. The fraction of sp³-hybridized carbons (Fsp3) is 0.229. The minimum Gasteiger partial charge on any atom is -0.382 e. The van der Waals surface area contributed by atoms with E-state index in [4.69, 9.17) is 15.7 Å². The van der Waals surface area contributed by atoms with Gasteiger partial charge in [0.2, 0.25) is 0 Å². The van der Waals surface area contributed by atoms with E-state index < -0.39 is 0 Å². The summed E-state index contributed by atoms with van der Waals surface area (Å²) in [7, 11) is 0. The van der Waals surface area contributed by atoms with Gasteiger partial charge in [-0.05, 0) is 54.8 Å². The Kier molecular flexibility index (Phi) is 6.99. The van der Waals surface area contributed by atoms with Gasteiger partial charge in [0.05, 0.1) is 11.2 Å². The van der Waals surface area contributed by atoms with Gasteiger partial charge in [0.25, 0.3) is 0 Å². The Balaban J connectivity index is 1.13. The fourth-order valence-electron chi connectivity index (χ4n) is 6.48. The molecule has 2 fully saturated rings. The normalized spacial score (nSPS) is 19.5. The van der Waals surface area contributed by atoms with E-state index in [0.717, 1.165) is 89.5 Å². The van der Waals surface area contributed by atoms with Crippen LogP contribution in [0.25, 0.3) is 33.3 Å². The molecule has 0 amide bonds. The lowest BCUT2D eigenvalue weighted by molar-refractivity contribution is 0.0994. The third-order valence-electron chi connectivity index (χ3n) is 8.89. The van der Waals surface area contributed by atoms with Gasteiger partial charge in [-0.1, -0.05) is 49.6 Å². The van der Waals surface area contributed by atoms with E-state index in [-0.39, 0.29) is 5.82 Å². The number of benzene rings is 2. The number of piperazine rings is 1. The van der Waals surface area contributed by atoms with Gasteiger partial charge in [0.1, 0.15) is 28.7 Å². The number of nitrogens with two attached hydrogens (primary N) is 1. The molecule has 0 atom stereocenters. The van der Waals surface area contributed by atoms with E-state index in [0.29, 0.717) is 17.8 Å². The SMILES string of the molecule is C=C/C=C(\C=C)c1ccc2ccc(-c3nc([C@H]4C[C@@H](N5CCN(c6ccc(F)cc6)CC5)C4)n4ccnc(N)c34)cc2n1. The molecule has 7 rings (SSSR count). The molecular formula is C35H34FN7. The first-order valence-electron chi connectivity index (χ1n) is 14.8. The summed E-state index contributed by atoms with van der Waals surface area (Å²) in [5, 5.41) is 1.05. The van der Waals surface area contributed by atoms with E-state index in [2.05, 4.69) is 56.6 Å². The van der Waals surface area contributed by atoms with Gasteiger partial charge in [-0.15, -0.1) is 0 Å². The first-order chi connectivity index (χ1) is 21.0. The molecule has 0 bridgehead atoms. The summed E-state index contributed by atoms with van der Waals surface area (Å²) in [6.07, 6.45) is 11.3. The number of imidazole rings is 1. The molecule has 43 heavy (non-hydrogen) atoms. The average molecular weight is 572 g/mol. The zero-order valence-electron chi connectivity index (χ0n) is 24.0. The van der Waals surface area contributed by atoms with E-state index in [9.17, 15) is 4.39 Å². The van der Waals surface area contributed by atoms with E-state index in [1.165, 1.54) is 12.1 Å². The third kappa shape index (κ3) is 4.97. The van der Waals surface area contributed by atoms with E-state index in [1.807, 2.05) is 30.5 Å². The molecule has 1 aliphatic carbocycles. The molecule has 2 aliphatic rings. The van der Waals surface area contributed by atoms with Crippen molar-refractivity contribution in [2.75, 3.05) is 36.8 Å². The molecule has 1 saturated heterocycles. The van der Waals surface area contributed by atoms with Gasteiger partial charge in [-0.2, -0.15) is 0 Å². The third-order valence-corrected chi connectivity index (χ3v) is 8.89. The van der Waals surface area contributed by atoms with Crippen molar-refractivity contribution in [1.82, 2.24) is 24.3 Å². The second-order valence-corrected chi connectivity index (χ2v) is 11.3. The molecular weight excluding hydrogens is 537 g/mol. The number of aromatic nitrogens is 4. The van der Waals surface area contributed by atoms with Crippen molar-refractivity contribution in [3.8, 4) is 11.3 Å². The van der Waals surface area contributed by atoms with Crippen LogP contribution in [-0.4, -0.2) is 56.5 Å². The van der Waals surface area contributed by atoms with Crippen molar-refractivity contribution in [3.05, 3.63) is 116 Å². The number of nitrogen functional groups attached to an aromatic ring is 1. The number of nitrogens with zero attached hydrogens (tertiary/aromatic N) is 6. The van der Waals surface area contributed by atoms with Crippen LogP contribution in [0.4, 0.5) is 15.9 Å². The maximum atomic E-state index is 13.4. The lowest BCUT2D eigenvalue weighted by Crippen LogP contribution is -2.53. The first kappa shape index (κ1) is 27.0. The maximum Gasteiger partial charge on any atom is 0.150 e. The molecule has 2 aromatic carbocycles. The highest BCUT2D eigenvalue weighted by atomic mass is 19.1. The molecule has 4 heterocycles. The summed E-state index contributed by atoms with van der Waals surface area (Å²) in [4.78, 5) is 19.5. The van der Waals surface area contributed by atoms with Crippen LogP contribution in [0.15, 0.2) is 98.4 Å². The number of hydrogen-bond acceptors (Lipinski definition) is 6. The molecule has 8 heteroatoms. The Labute approximate surface area is 250 Å². The van der Waals surface area contributed by atoms with Crippen LogP contribution in [-0.2, 0) is 0 Å². The molecule has 5 aromatic rings. The zero-order valence-corrected chi connectivity index (χ0v) is 24.0. The van der Waals surface area contributed by atoms with Crippen LogP contribution in [0.3, 0.4) is 0 Å². The number of anilines is 2. The lowest BCUT2D eigenvalue weighted by atomic mass is 9.78. The summed E-state index contributed by atoms with van der Waals surface area (Å²) in [5.41, 5.74) is 12.8. The maximum absolute atomic E-state index is 13.4. The van der Waals surface area contributed by atoms with Crippen LogP contribution in [0.5, 0.6) is 0 Å². The minimum atomic E-state index is -0.194. The van der Waals surface area contributed by atoms with Crippen molar-refractivity contribution in [2.24, 2.45) is 0 Å². The Hall–Kier alpha value is -4.82. The Bertz CT molecular complexity index is 1860. The molecule has 7 nitrogen and oxygen atoms in total. The second-order valence-electron chi connectivity index (χ2n) is 11.3. The van der Waals surface area contributed by atoms with Gasteiger partial charge < -0.3 is 10.6 Å². The first-order valence-corrected chi connectivity index (χ1v) is 14.8. The van der Waals surface area contributed by atoms with E-state index in [1.54, 1.807) is 18.3 Å². The predicted octanol–water partition coefficient (Wildman–Crippen LogP) is 6.49. The van der Waals surface area contributed by atoms with Crippen LogP contribution >= 0.6 is 0 Å². The van der Waals surface area contributed by atoms with Crippen molar-refractivity contribution in [2.45, 2.75) is 24.8 Å². The van der Waals surface area contributed by atoms with Gasteiger partial charge >= 0.3 is 0 Å². The summed E-state index contributed by atoms with van der Waals surface area (Å²) in [6.45, 7) is 11.6. The number of allylic oxidation sites excluding steroid dienone is 4. The van der Waals surface area contributed by atoms with Gasteiger partial charge in [0, 0.05) is 67.2 Å². The minimum absolute atomic E-state index is 0.194. The largest absolute Gasteiger partial charge is 0.382 e. The predicted molar refractivity (Wildman–Crippen MR) is 172 cm³/mol. The topological polar surface area (TPSA) is 75.6 Å². The van der Waals surface area contributed by atoms with E-state index >= 15 is 0 Å². The van der Waals surface area contributed by atoms with Crippen molar-refractivity contribution in [3.63, 3.8) is 0 Å². The standard InChI is InChI=1S/C35H34FN7/c1-3-5-23(4-2)30-13-8-24-6-7-25(22-31(24)39-30)32-33-34(37)38-14-15-43(33)35(40-32)26-20-29(21-26)42-18-16-41(17-19-42)28-11-9-27(36)10-12-28/h3-15,22,26,29H,1-2,16-21H2,(H2,37,38)/b23-5+/t26-,29+. The highest BCUT2D eigenvalue weighted by Crippen LogP contribution is 2.42. The van der Waals surface area contributed by atoms with Crippen LogP contribution < -0.4 is 10.6 Å². The van der Waals surface area contributed by atoms with Gasteiger partial charge in [0.15, 0.2) is 0 Å². The van der Waals surface area contributed by atoms with Crippen molar-refractivity contribution >= 4 is 33.5 Å². The highest BCUT2D eigenvalue weighted by molar-refractivity contribution is 5.91. The zero-order chi connectivity index (χ0) is 29.5. The molecule has 216 valence electrons. The second kappa shape index (κ2) is 11.1. The molecule has 2 N–H and O–H groups in total. The fourth-order valence-corrected chi connectivity index (χ4v) is 6.48. The van der Waals surface area contributed by atoms with Gasteiger partial charge in [-0.3, -0.25) is 9.30 Å². The monoisotopic (exact) mass is 571 g/mol. The average Bonchev–Trinajstić information content (AvgIpc) is 3.40. The lowest BCUT2D eigenvalue weighted by Gasteiger charge is -2.46. The molecule has 1 saturated carbocycles. The van der Waals surface area contributed by atoms with Crippen LogP contribution in [0.2, 0.25) is 0 Å². The molecule has 3 aromatic heterocycles. The number of rotatable bonds is 7. The molecule has 0 spiro atoms. The smallest absolute Gasteiger partial charge is 0.150 e. The number of pyridine rings is 1. The quantitative estimate of drug-likeness (QED) is 0.225. The number of halogens is 1. The summed E-state index contributed by atoms with van der Waals surface area (Å²) < 4.78 is 15.5. The Morgan fingerprint density at radius 1 is 0.953 bits per heavy atom. The van der Waals surface area contributed by atoms with Crippen LogP contribution in [0, 0.1) is 5.82 Å². The Morgan fingerprint density at radius 2 is 1.72 bits per heavy atom.